The van der Waals surface area contributed by atoms with Crippen molar-refractivity contribution in [2.45, 2.75) is 26.2 Å². The molecule has 31 heavy (non-hydrogen) atoms. The van der Waals surface area contributed by atoms with Crippen molar-refractivity contribution < 1.29 is 9.59 Å². The molecule has 2 aromatic rings. The maximum absolute atomic E-state index is 12.7. The maximum atomic E-state index is 12.7. The van der Waals surface area contributed by atoms with Gasteiger partial charge in [-0.25, -0.2) is 0 Å². The molecule has 1 aliphatic rings. The van der Waals surface area contributed by atoms with Crippen LogP contribution in [0.1, 0.15) is 42.1 Å². The van der Waals surface area contributed by atoms with Gasteiger partial charge in [-0.1, -0.05) is 43.4 Å². The van der Waals surface area contributed by atoms with Crippen molar-refractivity contribution in [3.05, 3.63) is 65.7 Å². The molecule has 3 rings (SSSR count). The second kappa shape index (κ2) is 11.3. The van der Waals surface area contributed by atoms with Crippen molar-refractivity contribution in [2.24, 2.45) is 0 Å². The van der Waals surface area contributed by atoms with Crippen LogP contribution in [-0.2, 0) is 4.79 Å². The van der Waals surface area contributed by atoms with E-state index >= 15 is 0 Å². The zero-order valence-electron chi connectivity index (χ0n) is 18.5. The van der Waals surface area contributed by atoms with Crippen LogP contribution < -0.4 is 4.90 Å². The molecule has 5 nitrogen and oxygen atoms in total. The molecular formula is C26H31N3O2. The number of nitrogens with zero attached hydrogens (tertiary/aromatic N) is 3. The van der Waals surface area contributed by atoms with E-state index in [0.29, 0.717) is 18.5 Å². The van der Waals surface area contributed by atoms with Crippen molar-refractivity contribution in [1.29, 1.82) is 0 Å². The molecule has 0 bridgehead atoms. The van der Waals surface area contributed by atoms with Crippen molar-refractivity contribution in [1.82, 2.24) is 9.80 Å². The molecule has 0 unspecified atom stereocenters. The molecule has 0 saturated carbocycles. The minimum atomic E-state index is 0.0735. The first-order chi connectivity index (χ1) is 15.1. The summed E-state index contributed by atoms with van der Waals surface area (Å²) in [6.07, 6.45) is 2.38. The van der Waals surface area contributed by atoms with E-state index < -0.39 is 0 Å². The van der Waals surface area contributed by atoms with Crippen molar-refractivity contribution in [3.63, 3.8) is 0 Å². The quantitative estimate of drug-likeness (QED) is 0.674. The zero-order valence-corrected chi connectivity index (χ0v) is 18.5. The highest BCUT2D eigenvalue weighted by Gasteiger charge is 2.20. The zero-order chi connectivity index (χ0) is 22.1. The van der Waals surface area contributed by atoms with Crippen LogP contribution in [0, 0.1) is 11.8 Å². The highest BCUT2D eigenvalue weighted by molar-refractivity contribution is 5.94. The molecular weight excluding hydrogens is 386 g/mol. The Balaban J connectivity index is 1.64. The van der Waals surface area contributed by atoms with Crippen LogP contribution in [0.3, 0.4) is 0 Å². The predicted molar refractivity (Wildman–Crippen MR) is 125 cm³/mol. The van der Waals surface area contributed by atoms with Gasteiger partial charge in [0.1, 0.15) is 0 Å². The Morgan fingerprint density at radius 2 is 1.65 bits per heavy atom. The number of benzene rings is 2. The molecule has 162 valence electrons. The third-order valence-electron chi connectivity index (χ3n) is 5.51. The summed E-state index contributed by atoms with van der Waals surface area (Å²) < 4.78 is 0. The number of para-hydroxylation sites is 1. The third-order valence-corrected chi connectivity index (χ3v) is 5.51. The minimum absolute atomic E-state index is 0.0735. The number of amides is 2. The number of anilines is 1. The Morgan fingerprint density at radius 1 is 0.968 bits per heavy atom. The molecule has 2 aromatic carbocycles. The molecule has 0 radical (unpaired) electrons. The fraction of sp³-hybridized carbons (Fsp3) is 0.385. The van der Waals surface area contributed by atoms with E-state index in [0.717, 1.165) is 50.3 Å². The minimum Gasteiger partial charge on any atom is -0.336 e. The van der Waals surface area contributed by atoms with E-state index in [1.807, 2.05) is 59.5 Å². The van der Waals surface area contributed by atoms with Gasteiger partial charge in [0.25, 0.3) is 5.91 Å². The lowest BCUT2D eigenvalue weighted by molar-refractivity contribution is -0.118. The van der Waals surface area contributed by atoms with E-state index in [4.69, 9.17) is 0 Å². The van der Waals surface area contributed by atoms with Gasteiger partial charge in [-0.3, -0.25) is 9.59 Å². The first-order valence-corrected chi connectivity index (χ1v) is 11.0. The Labute approximate surface area is 185 Å². The Bertz CT molecular complexity index is 921. The monoisotopic (exact) mass is 417 g/mol. The first kappa shape index (κ1) is 22.6. The number of hydrogen-bond acceptors (Lipinski definition) is 3. The lowest BCUT2D eigenvalue weighted by Crippen LogP contribution is -2.47. The average Bonchev–Trinajstić information content (AvgIpc) is 2.81. The Morgan fingerprint density at radius 3 is 2.29 bits per heavy atom. The topological polar surface area (TPSA) is 43.9 Å². The molecule has 0 atom stereocenters. The number of rotatable bonds is 6. The second-order valence-corrected chi connectivity index (χ2v) is 7.89. The van der Waals surface area contributed by atoms with Crippen molar-refractivity contribution in [3.8, 4) is 11.8 Å². The summed E-state index contributed by atoms with van der Waals surface area (Å²) >= 11 is 0. The number of carbonyl (C=O) groups is 2. The summed E-state index contributed by atoms with van der Waals surface area (Å²) in [4.78, 5) is 31.2. The summed E-state index contributed by atoms with van der Waals surface area (Å²) in [5.41, 5.74) is 2.39. The normalized spacial score (nSPS) is 13.9. The standard InChI is InChI=1S/C26H31N3O2/c1-3-4-12-25(30)29(24-10-6-5-7-11-24)17-8-9-22-13-15-23(16-14-22)26(31)28-20-18-27(2)19-21-28/h5-7,10-11,13-16H,3-4,12,17-21H2,1-2H3. The fourth-order valence-corrected chi connectivity index (χ4v) is 3.50. The highest BCUT2D eigenvalue weighted by Crippen LogP contribution is 2.15. The molecule has 2 amide bonds. The summed E-state index contributed by atoms with van der Waals surface area (Å²) in [5.74, 6) is 6.43. The predicted octanol–water partition coefficient (Wildman–Crippen LogP) is 3.65. The van der Waals surface area contributed by atoms with Gasteiger partial charge in [0, 0.05) is 49.4 Å². The fourth-order valence-electron chi connectivity index (χ4n) is 3.50. The van der Waals surface area contributed by atoms with Crippen LogP contribution in [0.4, 0.5) is 5.69 Å². The number of piperazine rings is 1. The van der Waals surface area contributed by atoms with Gasteiger partial charge < -0.3 is 14.7 Å². The average molecular weight is 418 g/mol. The van der Waals surface area contributed by atoms with Crippen LogP contribution in [0.2, 0.25) is 0 Å². The number of likely N-dealkylation sites (N-methyl/N-ethyl adjacent to an activating group) is 1. The molecule has 1 aliphatic heterocycles. The summed E-state index contributed by atoms with van der Waals surface area (Å²) in [6.45, 7) is 5.76. The molecule has 0 aromatic heterocycles. The van der Waals surface area contributed by atoms with Crippen LogP contribution in [0.15, 0.2) is 54.6 Å². The van der Waals surface area contributed by atoms with Gasteiger partial charge in [0.2, 0.25) is 5.91 Å². The lowest BCUT2D eigenvalue weighted by Gasteiger charge is -2.32. The Hall–Kier alpha value is -3.10. The molecule has 5 heteroatoms. The SMILES string of the molecule is CCCCC(=O)N(CC#Cc1ccc(C(=O)N2CCN(C)CC2)cc1)c1ccccc1. The lowest BCUT2D eigenvalue weighted by atomic mass is 10.1. The van der Waals surface area contributed by atoms with Crippen LogP contribution in [0.5, 0.6) is 0 Å². The van der Waals surface area contributed by atoms with E-state index in [1.54, 1.807) is 4.90 Å². The highest BCUT2D eigenvalue weighted by atomic mass is 16.2. The van der Waals surface area contributed by atoms with Gasteiger partial charge in [-0.2, -0.15) is 0 Å². The number of unbranched alkanes of at least 4 members (excludes halogenated alkanes) is 1. The van der Waals surface area contributed by atoms with Crippen molar-refractivity contribution in [2.75, 3.05) is 44.7 Å². The maximum Gasteiger partial charge on any atom is 0.253 e. The van der Waals surface area contributed by atoms with Gasteiger partial charge >= 0.3 is 0 Å². The molecule has 0 N–H and O–H groups in total. The molecule has 1 fully saturated rings. The summed E-state index contributed by atoms with van der Waals surface area (Å²) in [6, 6.07) is 17.1. The molecule has 0 spiro atoms. The van der Waals surface area contributed by atoms with Gasteiger partial charge in [0.05, 0.1) is 6.54 Å². The largest absolute Gasteiger partial charge is 0.336 e. The second-order valence-electron chi connectivity index (χ2n) is 7.89. The van der Waals surface area contributed by atoms with Gasteiger partial charge in [-0.15, -0.1) is 0 Å². The Kier molecular flexibility index (Phi) is 8.26. The first-order valence-electron chi connectivity index (χ1n) is 11.0. The van der Waals surface area contributed by atoms with Gasteiger partial charge in [0.15, 0.2) is 0 Å². The number of carbonyl (C=O) groups excluding carboxylic acids is 2. The van der Waals surface area contributed by atoms with E-state index in [2.05, 4.69) is 30.7 Å². The van der Waals surface area contributed by atoms with Crippen molar-refractivity contribution >= 4 is 17.5 Å². The van der Waals surface area contributed by atoms with Gasteiger partial charge in [-0.05, 0) is 49.9 Å². The van der Waals surface area contributed by atoms with Crippen LogP contribution in [0.25, 0.3) is 0 Å². The third kappa shape index (κ3) is 6.44. The number of hydrogen-bond donors (Lipinski definition) is 0. The molecule has 1 saturated heterocycles. The van der Waals surface area contributed by atoms with Crippen LogP contribution in [-0.4, -0.2) is 61.4 Å². The molecule has 0 aliphatic carbocycles. The van der Waals surface area contributed by atoms with E-state index in [-0.39, 0.29) is 11.8 Å². The van der Waals surface area contributed by atoms with E-state index in [9.17, 15) is 9.59 Å². The van der Waals surface area contributed by atoms with E-state index in [1.165, 1.54) is 0 Å². The molecule has 1 heterocycles. The summed E-state index contributed by atoms with van der Waals surface area (Å²) in [7, 11) is 2.07. The van der Waals surface area contributed by atoms with Crippen LogP contribution >= 0.6 is 0 Å². The summed E-state index contributed by atoms with van der Waals surface area (Å²) in [5, 5.41) is 0. The smallest absolute Gasteiger partial charge is 0.253 e.